The molecule has 2 rings (SSSR count). The van der Waals surface area contributed by atoms with E-state index in [4.69, 9.17) is 0 Å². The van der Waals surface area contributed by atoms with E-state index in [9.17, 15) is 13.2 Å². The number of nitrogens with zero attached hydrogens (tertiary/aromatic N) is 2. The Labute approximate surface area is 106 Å². The highest BCUT2D eigenvalue weighted by molar-refractivity contribution is 7.90. The molecule has 0 fully saturated rings. The molecule has 0 bridgehead atoms. The number of fused-ring (bicyclic) bond motifs is 1. The molecule has 1 N–H and O–H groups in total. The molecule has 0 aliphatic carbocycles. The van der Waals surface area contributed by atoms with Crippen molar-refractivity contribution >= 4 is 15.9 Å². The molecule has 0 saturated carbocycles. The van der Waals surface area contributed by atoms with Gasteiger partial charge in [0.25, 0.3) is 15.9 Å². The molecule has 0 radical (unpaired) electrons. The van der Waals surface area contributed by atoms with Crippen LogP contribution in [0.25, 0.3) is 0 Å². The van der Waals surface area contributed by atoms with E-state index in [1.807, 2.05) is 6.92 Å². The summed E-state index contributed by atoms with van der Waals surface area (Å²) < 4.78 is 25.1. The SMILES string of the molecule is CCNCCCN1C(=O)c2cccnc2S1(=O)=O. The maximum Gasteiger partial charge on any atom is 0.285 e. The van der Waals surface area contributed by atoms with Crippen molar-refractivity contribution in [2.24, 2.45) is 0 Å². The van der Waals surface area contributed by atoms with Gasteiger partial charge in [-0.05, 0) is 31.6 Å². The average molecular weight is 269 g/mol. The normalized spacial score (nSPS) is 16.9. The average Bonchev–Trinajstić information content (AvgIpc) is 2.55. The third-order valence-corrected chi connectivity index (χ3v) is 4.47. The molecule has 0 atom stereocenters. The molecule has 1 aromatic heterocycles. The van der Waals surface area contributed by atoms with Crippen molar-refractivity contribution < 1.29 is 13.2 Å². The second-order valence-electron chi connectivity index (χ2n) is 3.95. The first kappa shape index (κ1) is 13.0. The van der Waals surface area contributed by atoms with E-state index in [0.29, 0.717) is 13.0 Å². The number of carbonyl (C=O) groups is 1. The Morgan fingerprint density at radius 1 is 1.44 bits per heavy atom. The van der Waals surface area contributed by atoms with Crippen LogP contribution in [0.5, 0.6) is 0 Å². The molecule has 0 unspecified atom stereocenters. The minimum atomic E-state index is -3.74. The maximum atomic E-state index is 12.1. The Hall–Kier alpha value is -1.47. The van der Waals surface area contributed by atoms with Crippen molar-refractivity contribution in [2.75, 3.05) is 19.6 Å². The summed E-state index contributed by atoms with van der Waals surface area (Å²) in [6, 6.07) is 3.06. The van der Waals surface area contributed by atoms with Crippen LogP contribution in [0.3, 0.4) is 0 Å². The Morgan fingerprint density at radius 3 is 2.89 bits per heavy atom. The summed E-state index contributed by atoms with van der Waals surface area (Å²) >= 11 is 0. The molecule has 0 spiro atoms. The fraction of sp³-hybridized carbons (Fsp3) is 0.455. The van der Waals surface area contributed by atoms with E-state index in [0.717, 1.165) is 10.8 Å². The first-order chi connectivity index (χ1) is 8.59. The summed E-state index contributed by atoms with van der Waals surface area (Å²) in [4.78, 5) is 15.8. The number of pyridine rings is 1. The zero-order valence-electron chi connectivity index (χ0n) is 10.1. The van der Waals surface area contributed by atoms with Gasteiger partial charge in [-0.25, -0.2) is 9.29 Å². The molecular formula is C11H15N3O3S. The highest BCUT2D eigenvalue weighted by atomic mass is 32.2. The summed E-state index contributed by atoms with van der Waals surface area (Å²) in [6.07, 6.45) is 1.97. The fourth-order valence-corrected chi connectivity index (χ4v) is 3.38. The zero-order valence-corrected chi connectivity index (χ0v) is 10.9. The van der Waals surface area contributed by atoms with Crippen LogP contribution in [0.15, 0.2) is 23.4 Å². The Balaban J connectivity index is 2.18. The van der Waals surface area contributed by atoms with Gasteiger partial charge in [-0.15, -0.1) is 0 Å². The van der Waals surface area contributed by atoms with Gasteiger partial charge in [-0.1, -0.05) is 6.92 Å². The molecule has 1 aromatic rings. The van der Waals surface area contributed by atoms with Crippen LogP contribution < -0.4 is 5.32 Å². The zero-order chi connectivity index (χ0) is 13.2. The minimum Gasteiger partial charge on any atom is -0.317 e. The van der Waals surface area contributed by atoms with E-state index < -0.39 is 15.9 Å². The van der Waals surface area contributed by atoms with Crippen molar-refractivity contribution in [1.82, 2.24) is 14.6 Å². The smallest absolute Gasteiger partial charge is 0.285 e. The van der Waals surface area contributed by atoms with Crippen LogP contribution in [-0.4, -0.2) is 43.2 Å². The largest absolute Gasteiger partial charge is 0.317 e. The number of hydrogen-bond donors (Lipinski definition) is 1. The monoisotopic (exact) mass is 269 g/mol. The number of nitrogens with one attached hydrogen (secondary N) is 1. The van der Waals surface area contributed by atoms with Gasteiger partial charge < -0.3 is 5.32 Å². The van der Waals surface area contributed by atoms with E-state index in [2.05, 4.69) is 10.3 Å². The predicted molar refractivity (Wildman–Crippen MR) is 65.6 cm³/mol. The molecular weight excluding hydrogens is 254 g/mol. The summed E-state index contributed by atoms with van der Waals surface area (Å²) in [7, 11) is -3.74. The Kier molecular flexibility index (Phi) is 3.63. The third kappa shape index (κ3) is 2.11. The number of aromatic nitrogens is 1. The van der Waals surface area contributed by atoms with Gasteiger partial charge in [0.1, 0.15) is 0 Å². The number of sulfonamides is 1. The molecule has 2 heterocycles. The first-order valence-corrected chi connectivity index (χ1v) is 7.26. The molecule has 1 amide bonds. The first-order valence-electron chi connectivity index (χ1n) is 5.82. The molecule has 0 aromatic carbocycles. The van der Waals surface area contributed by atoms with Crippen molar-refractivity contribution in [2.45, 2.75) is 18.4 Å². The van der Waals surface area contributed by atoms with Crippen LogP contribution in [0, 0.1) is 0 Å². The minimum absolute atomic E-state index is 0.126. The molecule has 0 saturated heterocycles. The lowest BCUT2D eigenvalue weighted by Crippen LogP contribution is -2.32. The summed E-state index contributed by atoms with van der Waals surface area (Å²) in [5.41, 5.74) is 0.168. The second-order valence-corrected chi connectivity index (χ2v) is 5.72. The highest BCUT2D eigenvalue weighted by Crippen LogP contribution is 2.27. The lowest BCUT2D eigenvalue weighted by molar-refractivity contribution is 0.0870. The van der Waals surface area contributed by atoms with Gasteiger partial charge in [0.15, 0.2) is 5.03 Å². The molecule has 6 nitrogen and oxygen atoms in total. The highest BCUT2D eigenvalue weighted by Gasteiger charge is 2.41. The van der Waals surface area contributed by atoms with Crippen LogP contribution in [0.1, 0.15) is 23.7 Å². The number of rotatable bonds is 5. The van der Waals surface area contributed by atoms with Crippen molar-refractivity contribution in [1.29, 1.82) is 0 Å². The van der Waals surface area contributed by atoms with Crippen LogP contribution in [-0.2, 0) is 10.0 Å². The number of carbonyl (C=O) groups excluding carboxylic acids is 1. The van der Waals surface area contributed by atoms with Crippen LogP contribution in [0.4, 0.5) is 0 Å². The summed E-state index contributed by atoms with van der Waals surface area (Å²) in [6.45, 7) is 3.66. The van der Waals surface area contributed by atoms with Crippen molar-refractivity contribution in [3.63, 3.8) is 0 Å². The topological polar surface area (TPSA) is 79.4 Å². The van der Waals surface area contributed by atoms with Gasteiger partial charge in [-0.2, -0.15) is 8.42 Å². The summed E-state index contributed by atoms with van der Waals surface area (Å²) in [5, 5.41) is 2.96. The number of amides is 1. The Morgan fingerprint density at radius 2 is 2.22 bits per heavy atom. The van der Waals surface area contributed by atoms with E-state index in [1.54, 1.807) is 6.07 Å². The van der Waals surface area contributed by atoms with E-state index in [1.165, 1.54) is 12.3 Å². The third-order valence-electron chi connectivity index (χ3n) is 2.73. The predicted octanol–water partition coefficient (Wildman–Crippen LogP) is 0.226. The fourth-order valence-electron chi connectivity index (χ4n) is 1.85. The van der Waals surface area contributed by atoms with Gasteiger partial charge in [0, 0.05) is 12.7 Å². The maximum absolute atomic E-state index is 12.1. The lowest BCUT2D eigenvalue weighted by atomic mass is 10.2. The second kappa shape index (κ2) is 5.03. The molecule has 7 heteroatoms. The summed E-state index contributed by atoms with van der Waals surface area (Å²) in [5.74, 6) is -0.477. The van der Waals surface area contributed by atoms with Gasteiger partial charge >= 0.3 is 0 Å². The Bertz CT molecular complexity index is 556. The molecule has 1 aliphatic rings. The lowest BCUT2D eigenvalue weighted by Gasteiger charge is -2.14. The number of hydrogen-bond acceptors (Lipinski definition) is 5. The van der Waals surface area contributed by atoms with Gasteiger partial charge in [0.2, 0.25) is 0 Å². The van der Waals surface area contributed by atoms with Crippen molar-refractivity contribution in [3.8, 4) is 0 Å². The van der Waals surface area contributed by atoms with Crippen LogP contribution in [0.2, 0.25) is 0 Å². The van der Waals surface area contributed by atoms with Gasteiger partial charge in [-0.3, -0.25) is 4.79 Å². The quantitative estimate of drug-likeness (QED) is 0.774. The molecule has 1 aliphatic heterocycles. The van der Waals surface area contributed by atoms with Crippen LogP contribution >= 0.6 is 0 Å². The van der Waals surface area contributed by atoms with E-state index in [-0.39, 0.29) is 17.1 Å². The van der Waals surface area contributed by atoms with Crippen molar-refractivity contribution in [3.05, 3.63) is 23.9 Å². The van der Waals surface area contributed by atoms with Gasteiger partial charge in [0.05, 0.1) is 5.56 Å². The molecule has 18 heavy (non-hydrogen) atoms. The van der Waals surface area contributed by atoms with E-state index >= 15 is 0 Å². The standard InChI is InChI=1S/C11H15N3O3S/c1-2-12-6-4-8-14-11(15)9-5-3-7-13-10(9)18(14,16)17/h3,5,7,12H,2,4,6,8H2,1H3. The molecule has 98 valence electrons.